The van der Waals surface area contributed by atoms with Gasteiger partial charge in [0.25, 0.3) is 0 Å². The van der Waals surface area contributed by atoms with Crippen molar-refractivity contribution in [3.8, 4) is 17.2 Å². The summed E-state index contributed by atoms with van der Waals surface area (Å²) < 4.78 is 40.4. The van der Waals surface area contributed by atoms with Crippen LogP contribution >= 0.6 is 0 Å². The molecule has 1 aliphatic rings. The number of nitrogens with zero attached hydrogens (tertiary/aromatic N) is 4. The van der Waals surface area contributed by atoms with Crippen LogP contribution in [0.5, 0.6) is 11.5 Å². The third kappa shape index (κ3) is 3.93. The molecule has 2 heterocycles. The van der Waals surface area contributed by atoms with Crippen molar-refractivity contribution in [2.75, 3.05) is 45.3 Å². The van der Waals surface area contributed by atoms with E-state index in [1.807, 2.05) is 41.9 Å². The highest BCUT2D eigenvalue weighted by Crippen LogP contribution is 2.32. The third-order valence-electron chi connectivity index (χ3n) is 5.80. The summed E-state index contributed by atoms with van der Waals surface area (Å²) in [5, 5.41) is 4.72. The summed E-state index contributed by atoms with van der Waals surface area (Å²) in [6.07, 6.45) is 0. The van der Waals surface area contributed by atoms with Crippen LogP contribution in [0, 0.1) is 13.8 Å². The normalized spacial score (nSPS) is 15.1. The molecule has 0 bridgehead atoms. The minimum atomic E-state index is -3.63. The van der Waals surface area contributed by atoms with E-state index in [0.717, 1.165) is 22.8 Å². The summed E-state index contributed by atoms with van der Waals surface area (Å²) in [7, 11) is -0.617. The van der Waals surface area contributed by atoms with Gasteiger partial charge < -0.3 is 14.4 Å². The van der Waals surface area contributed by atoms with Crippen molar-refractivity contribution in [3.05, 3.63) is 59.9 Å². The Morgan fingerprint density at radius 3 is 2.16 bits per heavy atom. The maximum absolute atomic E-state index is 13.2. The van der Waals surface area contributed by atoms with E-state index in [2.05, 4.69) is 11.8 Å². The summed E-state index contributed by atoms with van der Waals surface area (Å²) >= 11 is 0. The van der Waals surface area contributed by atoms with Gasteiger partial charge in [-0.05, 0) is 38.1 Å². The lowest BCUT2D eigenvalue weighted by Gasteiger charge is -2.35. The maximum atomic E-state index is 13.2. The molecule has 32 heavy (non-hydrogen) atoms. The number of piperazine rings is 1. The Labute approximate surface area is 189 Å². The van der Waals surface area contributed by atoms with Gasteiger partial charge in [-0.1, -0.05) is 18.2 Å². The molecule has 0 atom stereocenters. The first-order chi connectivity index (χ1) is 15.4. The number of rotatable bonds is 6. The van der Waals surface area contributed by atoms with Crippen molar-refractivity contribution < 1.29 is 17.9 Å². The van der Waals surface area contributed by atoms with Crippen molar-refractivity contribution in [1.29, 1.82) is 0 Å². The summed E-state index contributed by atoms with van der Waals surface area (Å²) in [4.78, 5) is 2.42. The van der Waals surface area contributed by atoms with Gasteiger partial charge in [-0.25, -0.2) is 13.1 Å². The Morgan fingerprint density at radius 1 is 0.875 bits per heavy atom. The Hall–Kier alpha value is -3.04. The number of benzene rings is 2. The monoisotopic (exact) mass is 456 g/mol. The zero-order valence-corrected chi connectivity index (χ0v) is 19.6. The van der Waals surface area contributed by atoms with Crippen molar-refractivity contribution in [2.45, 2.75) is 18.7 Å². The predicted octanol–water partition coefficient (Wildman–Crippen LogP) is 3.02. The van der Waals surface area contributed by atoms with Gasteiger partial charge >= 0.3 is 0 Å². The first-order valence-corrected chi connectivity index (χ1v) is 11.9. The van der Waals surface area contributed by atoms with Crippen LogP contribution in [0.4, 0.5) is 5.69 Å². The molecule has 2 aromatic carbocycles. The van der Waals surface area contributed by atoms with Crippen molar-refractivity contribution in [2.24, 2.45) is 0 Å². The molecule has 0 spiro atoms. The molecule has 1 fully saturated rings. The molecule has 1 aromatic heterocycles. The molecular weight excluding hydrogens is 428 g/mol. The van der Waals surface area contributed by atoms with E-state index in [-0.39, 0.29) is 4.90 Å². The summed E-state index contributed by atoms with van der Waals surface area (Å²) in [6, 6.07) is 14.7. The molecule has 1 aliphatic heterocycles. The van der Waals surface area contributed by atoms with Gasteiger partial charge in [0, 0.05) is 32.2 Å². The largest absolute Gasteiger partial charge is 0.493 e. The molecule has 8 nitrogen and oxygen atoms in total. The molecule has 0 amide bonds. The van der Waals surface area contributed by atoms with Crippen molar-refractivity contribution in [1.82, 2.24) is 14.1 Å². The maximum Gasteiger partial charge on any atom is 0.243 e. The molecule has 4 rings (SSSR count). The number of para-hydroxylation sites is 1. The van der Waals surface area contributed by atoms with Crippen LogP contribution in [-0.4, -0.2) is 62.9 Å². The highest BCUT2D eigenvalue weighted by molar-refractivity contribution is 7.89. The molecule has 1 saturated heterocycles. The van der Waals surface area contributed by atoms with E-state index in [1.54, 1.807) is 12.1 Å². The highest BCUT2D eigenvalue weighted by Gasteiger charge is 2.31. The van der Waals surface area contributed by atoms with Crippen LogP contribution in [0.15, 0.2) is 53.4 Å². The van der Waals surface area contributed by atoms with E-state index >= 15 is 0 Å². The van der Waals surface area contributed by atoms with Crippen LogP contribution < -0.4 is 14.4 Å². The molecule has 170 valence electrons. The summed E-state index contributed by atoms with van der Waals surface area (Å²) in [5.74, 6) is 0.893. The molecular formula is C23H28N4O4S. The molecule has 0 aliphatic carbocycles. The number of ether oxygens (including phenoxy) is 2. The highest BCUT2D eigenvalue weighted by atomic mass is 32.2. The van der Waals surface area contributed by atoms with Crippen molar-refractivity contribution in [3.63, 3.8) is 0 Å². The second-order valence-electron chi connectivity index (χ2n) is 7.67. The van der Waals surface area contributed by atoms with E-state index in [4.69, 9.17) is 14.6 Å². The van der Waals surface area contributed by atoms with Crippen LogP contribution in [0.1, 0.15) is 11.4 Å². The zero-order chi connectivity index (χ0) is 22.9. The van der Waals surface area contributed by atoms with E-state index in [1.165, 1.54) is 24.6 Å². The molecule has 0 saturated carbocycles. The molecule has 0 unspecified atom stereocenters. The van der Waals surface area contributed by atoms with Gasteiger partial charge in [0.05, 0.1) is 41.9 Å². The fourth-order valence-electron chi connectivity index (χ4n) is 4.19. The van der Waals surface area contributed by atoms with E-state index in [0.29, 0.717) is 37.7 Å². The smallest absolute Gasteiger partial charge is 0.243 e. The minimum Gasteiger partial charge on any atom is -0.493 e. The quantitative estimate of drug-likeness (QED) is 0.568. The molecule has 0 radical (unpaired) electrons. The number of sulfonamides is 1. The Balaban J connectivity index is 1.53. The lowest BCUT2D eigenvalue weighted by atomic mass is 10.2. The van der Waals surface area contributed by atoms with Crippen LogP contribution in [0.2, 0.25) is 0 Å². The number of anilines is 1. The second-order valence-corrected chi connectivity index (χ2v) is 9.61. The molecule has 0 N–H and O–H groups in total. The fraction of sp³-hybridized carbons (Fsp3) is 0.348. The number of aryl methyl sites for hydroxylation is 1. The number of hydrogen-bond donors (Lipinski definition) is 0. The van der Waals surface area contributed by atoms with Crippen LogP contribution in [0.3, 0.4) is 0 Å². The zero-order valence-electron chi connectivity index (χ0n) is 18.8. The number of hydrogen-bond acceptors (Lipinski definition) is 6. The Kier molecular flexibility index (Phi) is 6.12. The van der Waals surface area contributed by atoms with E-state index < -0.39 is 10.0 Å². The second kappa shape index (κ2) is 8.84. The SMILES string of the molecule is COc1ccc(S(=O)(=O)N2CCN(c3c(C)nn(-c4ccccc4)c3C)CC2)cc1OC. The first kappa shape index (κ1) is 22.2. The standard InChI is InChI=1S/C23H28N4O4S/c1-17-23(18(2)27(24-17)19-8-6-5-7-9-19)25-12-14-26(15-13-25)32(28,29)20-10-11-21(30-3)22(16-20)31-4/h5-11,16H,12-15H2,1-4H3. The molecule has 9 heteroatoms. The van der Waals surface area contributed by atoms with Gasteiger partial charge in [0.2, 0.25) is 10.0 Å². The Morgan fingerprint density at radius 2 is 1.53 bits per heavy atom. The van der Waals surface area contributed by atoms with Gasteiger partial charge in [-0.2, -0.15) is 9.40 Å². The van der Waals surface area contributed by atoms with Gasteiger partial charge in [-0.3, -0.25) is 0 Å². The van der Waals surface area contributed by atoms with Gasteiger partial charge in [0.15, 0.2) is 11.5 Å². The number of aromatic nitrogens is 2. The Bertz CT molecular complexity index is 1200. The summed E-state index contributed by atoms with van der Waals surface area (Å²) in [5.41, 5.74) is 4.05. The minimum absolute atomic E-state index is 0.202. The van der Waals surface area contributed by atoms with Gasteiger partial charge in [-0.15, -0.1) is 0 Å². The third-order valence-corrected chi connectivity index (χ3v) is 7.70. The number of methoxy groups -OCH3 is 2. The average Bonchev–Trinajstić information content (AvgIpc) is 3.12. The fourth-order valence-corrected chi connectivity index (χ4v) is 5.63. The molecule has 3 aromatic rings. The summed E-state index contributed by atoms with van der Waals surface area (Å²) in [6.45, 7) is 6.02. The lowest BCUT2D eigenvalue weighted by Crippen LogP contribution is -2.49. The average molecular weight is 457 g/mol. The van der Waals surface area contributed by atoms with Crippen molar-refractivity contribution >= 4 is 15.7 Å². The van der Waals surface area contributed by atoms with Crippen LogP contribution in [0.25, 0.3) is 5.69 Å². The topological polar surface area (TPSA) is 76.9 Å². The first-order valence-electron chi connectivity index (χ1n) is 10.5. The predicted molar refractivity (Wildman–Crippen MR) is 124 cm³/mol. The van der Waals surface area contributed by atoms with Crippen LogP contribution in [-0.2, 0) is 10.0 Å². The van der Waals surface area contributed by atoms with E-state index in [9.17, 15) is 8.42 Å². The lowest BCUT2D eigenvalue weighted by molar-refractivity contribution is 0.353. The van der Waals surface area contributed by atoms with Gasteiger partial charge in [0.1, 0.15) is 0 Å².